The molecule has 17 heavy (non-hydrogen) atoms. The molecule has 2 heterocycles. The van der Waals surface area contributed by atoms with Crippen LogP contribution >= 0.6 is 11.8 Å². The van der Waals surface area contributed by atoms with Gasteiger partial charge in [0.15, 0.2) is 5.16 Å². The van der Waals surface area contributed by atoms with Crippen molar-refractivity contribution in [2.24, 2.45) is 0 Å². The average Bonchev–Trinajstić information content (AvgIpc) is 2.82. The van der Waals surface area contributed by atoms with Crippen LogP contribution in [0.5, 0.6) is 0 Å². The molecule has 0 aliphatic carbocycles. The molecule has 90 valence electrons. The van der Waals surface area contributed by atoms with E-state index in [0.29, 0.717) is 0 Å². The first-order valence-corrected chi connectivity index (χ1v) is 6.78. The van der Waals surface area contributed by atoms with Crippen molar-refractivity contribution in [2.75, 3.05) is 0 Å². The van der Waals surface area contributed by atoms with Crippen molar-refractivity contribution < 1.29 is 0 Å². The number of hydrogen-bond donors (Lipinski definition) is 0. The molecule has 2 rings (SSSR count). The summed E-state index contributed by atoms with van der Waals surface area (Å²) in [5, 5.41) is 5.22. The minimum absolute atomic E-state index is 0.888. The first kappa shape index (κ1) is 12.1. The maximum absolute atomic E-state index is 4.28. The first-order chi connectivity index (χ1) is 8.40. The molecule has 4 nitrogen and oxygen atoms in total. The van der Waals surface area contributed by atoms with Gasteiger partial charge in [-0.2, -0.15) is 5.10 Å². The molecular formula is C12H16N4S. The highest BCUT2D eigenvalue weighted by molar-refractivity contribution is 7.98. The highest BCUT2D eigenvalue weighted by atomic mass is 32.2. The van der Waals surface area contributed by atoms with Crippen molar-refractivity contribution >= 4 is 11.8 Å². The molecule has 2 aromatic heterocycles. The Morgan fingerprint density at radius 3 is 3.12 bits per heavy atom. The number of nitrogens with zero attached hydrogens (tertiary/aromatic N) is 4. The number of aromatic nitrogens is 4. The van der Waals surface area contributed by atoms with Gasteiger partial charge in [0.05, 0.1) is 0 Å². The second-order valence-electron chi connectivity index (χ2n) is 3.77. The largest absolute Gasteiger partial charge is 0.264 e. The topological polar surface area (TPSA) is 43.6 Å². The Morgan fingerprint density at radius 2 is 2.35 bits per heavy atom. The molecular weight excluding hydrogens is 232 g/mol. The van der Waals surface area contributed by atoms with Gasteiger partial charge >= 0.3 is 0 Å². The SMILES string of the molecule is CCCCn1ncnc1SCc1cccnc1. The summed E-state index contributed by atoms with van der Waals surface area (Å²) in [7, 11) is 0. The van der Waals surface area contributed by atoms with Crippen molar-refractivity contribution in [3.63, 3.8) is 0 Å². The standard InChI is InChI=1S/C12H16N4S/c1-2-3-7-16-12(14-10-15-16)17-9-11-5-4-6-13-8-11/h4-6,8,10H,2-3,7,9H2,1H3. The zero-order valence-electron chi connectivity index (χ0n) is 9.91. The van der Waals surface area contributed by atoms with E-state index in [2.05, 4.69) is 28.1 Å². The summed E-state index contributed by atoms with van der Waals surface area (Å²) in [6.07, 6.45) is 7.62. The molecule has 0 aliphatic heterocycles. The Labute approximate surface area is 105 Å². The average molecular weight is 248 g/mol. The minimum atomic E-state index is 0.888. The molecule has 2 aromatic rings. The number of hydrogen-bond acceptors (Lipinski definition) is 4. The van der Waals surface area contributed by atoms with Gasteiger partial charge in [0, 0.05) is 24.7 Å². The minimum Gasteiger partial charge on any atom is -0.264 e. The highest BCUT2D eigenvalue weighted by Gasteiger charge is 2.04. The fraction of sp³-hybridized carbons (Fsp3) is 0.417. The molecule has 0 atom stereocenters. The molecule has 0 saturated carbocycles. The maximum Gasteiger partial charge on any atom is 0.186 e. The Kier molecular flexibility index (Phi) is 4.55. The normalized spacial score (nSPS) is 10.6. The molecule has 0 aliphatic rings. The van der Waals surface area contributed by atoms with Crippen molar-refractivity contribution in [1.29, 1.82) is 0 Å². The Morgan fingerprint density at radius 1 is 1.41 bits per heavy atom. The summed E-state index contributed by atoms with van der Waals surface area (Å²) in [4.78, 5) is 8.38. The van der Waals surface area contributed by atoms with Crippen LogP contribution in [0.25, 0.3) is 0 Å². The van der Waals surface area contributed by atoms with Gasteiger partial charge in [0.1, 0.15) is 6.33 Å². The molecule has 0 radical (unpaired) electrons. The Hall–Kier alpha value is -1.36. The van der Waals surface area contributed by atoms with Crippen molar-refractivity contribution in [2.45, 2.75) is 37.2 Å². The van der Waals surface area contributed by atoms with E-state index in [1.165, 1.54) is 12.0 Å². The lowest BCUT2D eigenvalue weighted by atomic mass is 10.3. The highest BCUT2D eigenvalue weighted by Crippen LogP contribution is 2.19. The van der Waals surface area contributed by atoms with E-state index in [1.54, 1.807) is 24.3 Å². The molecule has 0 amide bonds. The van der Waals surface area contributed by atoms with Crippen LogP contribution in [0, 0.1) is 0 Å². The number of unbranched alkanes of at least 4 members (excludes halogenated alkanes) is 1. The van der Waals surface area contributed by atoms with Gasteiger partial charge < -0.3 is 0 Å². The van der Waals surface area contributed by atoms with Crippen LogP contribution in [0.2, 0.25) is 0 Å². The lowest BCUT2D eigenvalue weighted by molar-refractivity contribution is 0.527. The third-order valence-corrected chi connectivity index (χ3v) is 3.45. The third-order valence-electron chi connectivity index (χ3n) is 2.39. The quantitative estimate of drug-likeness (QED) is 0.737. The van der Waals surface area contributed by atoms with Gasteiger partial charge in [-0.05, 0) is 18.1 Å². The molecule has 0 spiro atoms. The second-order valence-corrected chi connectivity index (χ2v) is 4.71. The summed E-state index contributed by atoms with van der Waals surface area (Å²) in [5.74, 6) is 0.888. The van der Waals surface area contributed by atoms with E-state index in [0.717, 1.165) is 23.9 Å². The predicted octanol–water partition coefficient (Wildman–Crippen LogP) is 2.77. The van der Waals surface area contributed by atoms with Crippen LogP contribution in [-0.2, 0) is 12.3 Å². The summed E-state index contributed by atoms with van der Waals surface area (Å²) >= 11 is 1.71. The number of aryl methyl sites for hydroxylation is 1. The molecule has 0 aromatic carbocycles. The zero-order chi connectivity index (χ0) is 11.9. The Bertz CT molecular complexity index is 441. The number of pyridine rings is 1. The summed E-state index contributed by atoms with van der Waals surface area (Å²) < 4.78 is 1.98. The van der Waals surface area contributed by atoms with Crippen LogP contribution < -0.4 is 0 Å². The van der Waals surface area contributed by atoms with Crippen molar-refractivity contribution in [1.82, 2.24) is 19.7 Å². The van der Waals surface area contributed by atoms with Crippen molar-refractivity contribution in [3.8, 4) is 0 Å². The predicted molar refractivity (Wildman–Crippen MR) is 68.7 cm³/mol. The monoisotopic (exact) mass is 248 g/mol. The lowest BCUT2D eigenvalue weighted by Gasteiger charge is -2.04. The fourth-order valence-corrected chi connectivity index (χ4v) is 2.33. The first-order valence-electron chi connectivity index (χ1n) is 5.79. The zero-order valence-corrected chi connectivity index (χ0v) is 10.7. The number of thioether (sulfide) groups is 1. The molecule has 5 heteroatoms. The maximum atomic E-state index is 4.28. The van der Waals surface area contributed by atoms with E-state index in [1.807, 2.05) is 16.9 Å². The van der Waals surface area contributed by atoms with Crippen LogP contribution in [0.3, 0.4) is 0 Å². The van der Waals surface area contributed by atoms with Gasteiger partial charge in [0.2, 0.25) is 0 Å². The van der Waals surface area contributed by atoms with Crippen molar-refractivity contribution in [3.05, 3.63) is 36.4 Å². The van der Waals surface area contributed by atoms with Gasteiger partial charge in [-0.25, -0.2) is 9.67 Å². The van der Waals surface area contributed by atoms with Crippen LogP contribution in [0.4, 0.5) is 0 Å². The summed E-state index contributed by atoms with van der Waals surface area (Å²) in [6.45, 7) is 3.13. The van der Waals surface area contributed by atoms with Gasteiger partial charge in [-0.15, -0.1) is 0 Å². The molecule has 0 fully saturated rings. The summed E-state index contributed by atoms with van der Waals surface area (Å²) in [6, 6.07) is 4.03. The Balaban J connectivity index is 1.92. The van der Waals surface area contributed by atoms with E-state index in [-0.39, 0.29) is 0 Å². The van der Waals surface area contributed by atoms with Crippen LogP contribution in [-0.4, -0.2) is 19.7 Å². The number of rotatable bonds is 6. The van der Waals surface area contributed by atoms with Gasteiger partial charge in [-0.1, -0.05) is 31.2 Å². The summed E-state index contributed by atoms with van der Waals surface area (Å²) in [5.41, 5.74) is 1.21. The van der Waals surface area contributed by atoms with E-state index in [9.17, 15) is 0 Å². The molecule has 0 unspecified atom stereocenters. The smallest absolute Gasteiger partial charge is 0.186 e. The van der Waals surface area contributed by atoms with E-state index < -0.39 is 0 Å². The molecule has 0 bridgehead atoms. The van der Waals surface area contributed by atoms with E-state index >= 15 is 0 Å². The van der Waals surface area contributed by atoms with Gasteiger partial charge in [-0.3, -0.25) is 4.98 Å². The molecule has 0 N–H and O–H groups in total. The third kappa shape index (κ3) is 3.56. The van der Waals surface area contributed by atoms with Crippen LogP contribution in [0.1, 0.15) is 25.3 Å². The van der Waals surface area contributed by atoms with E-state index in [4.69, 9.17) is 0 Å². The fourth-order valence-electron chi connectivity index (χ4n) is 1.46. The van der Waals surface area contributed by atoms with Crippen LogP contribution in [0.15, 0.2) is 36.0 Å². The molecule has 0 saturated heterocycles. The lowest BCUT2D eigenvalue weighted by Crippen LogP contribution is -2.01. The second kappa shape index (κ2) is 6.39. The van der Waals surface area contributed by atoms with Gasteiger partial charge in [0.25, 0.3) is 0 Å².